The highest BCUT2D eigenvalue weighted by molar-refractivity contribution is 7.89. The average Bonchev–Trinajstić information content (AvgIpc) is 3.55. The molecule has 3 heterocycles. The minimum Gasteiger partial charge on any atom is -0.443 e. The highest BCUT2D eigenvalue weighted by Gasteiger charge is 2.46. The van der Waals surface area contributed by atoms with E-state index < -0.39 is 57.8 Å². The van der Waals surface area contributed by atoms with Crippen LogP contribution in [0.5, 0.6) is 0 Å². The molecule has 0 radical (unpaired) electrons. The van der Waals surface area contributed by atoms with Crippen LogP contribution in [0.1, 0.15) is 74.6 Å². The lowest BCUT2D eigenvalue weighted by Gasteiger charge is -2.30. The van der Waals surface area contributed by atoms with Gasteiger partial charge in [0.05, 0.1) is 16.5 Å². The van der Waals surface area contributed by atoms with Crippen LogP contribution in [-0.2, 0) is 19.5 Å². The van der Waals surface area contributed by atoms with Crippen LogP contribution in [0.25, 0.3) is 21.8 Å². The van der Waals surface area contributed by atoms with Crippen LogP contribution in [-0.4, -0.2) is 64.8 Å². The molecular formula is C37H40N4O7S. The van der Waals surface area contributed by atoms with Crippen LogP contribution < -0.4 is 4.72 Å². The van der Waals surface area contributed by atoms with Gasteiger partial charge in [-0.2, -0.15) is 0 Å². The van der Waals surface area contributed by atoms with Crippen LogP contribution in [0.3, 0.4) is 0 Å². The molecule has 2 atom stereocenters. The van der Waals surface area contributed by atoms with Gasteiger partial charge in [0.25, 0.3) is 5.91 Å². The minimum atomic E-state index is -4.21. The first-order chi connectivity index (χ1) is 22.9. The van der Waals surface area contributed by atoms with Gasteiger partial charge in [0.2, 0.25) is 10.0 Å². The molecule has 0 aliphatic carbocycles. The Bertz CT molecular complexity index is 2200. The summed E-state index contributed by atoms with van der Waals surface area (Å²) in [7, 11) is -4.21. The number of nitrogens with one attached hydrogen (secondary N) is 2. The number of amides is 2. The molecule has 12 heteroatoms. The predicted molar refractivity (Wildman–Crippen MR) is 186 cm³/mol. The minimum absolute atomic E-state index is 0.0200. The van der Waals surface area contributed by atoms with Gasteiger partial charge in [-0.05, 0) is 78.3 Å². The average molecular weight is 685 g/mol. The Morgan fingerprint density at radius 3 is 2.08 bits per heavy atom. The Kier molecular flexibility index (Phi) is 8.44. The Morgan fingerprint density at radius 1 is 0.837 bits per heavy atom. The molecule has 5 aromatic rings. The summed E-state index contributed by atoms with van der Waals surface area (Å²) < 4.78 is 43.8. The van der Waals surface area contributed by atoms with E-state index >= 15 is 0 Å². The predicted octanol–water partition coefficient (Wildman–Crippen LogP) is 7.08. The normalized spacial score (nSPS) is 17.2. The molecule has 49 heavy (non-hydrogen) atoms. The summed E-state index contributed by atoms with van der Waals surface area (Å²) in [5, 5.41) is 1.31. The zero-order chi connectivity index (χ0) is 35.5. The fourth-order valence-corrected chi connectivity index (χ4v) is 7.53. The maximum atomic E-state index is 14.8. The first kappa shape index (κ1) is 33.9. The number of H-pyrrole nitrogens is 1. The Morgan fingerprint density at radius 2 is 1.43 bits per heavy atom. The lowest BCUT2D eigenvalue weighted by Crippen LogP contribution is -2.50. The van der Waals surface area contributed by atoms with Gasteiger partial charge < -0.3 is 14.5 Å². The van der Waals surface area contributed by atoms with E-state index in [1.54, 1.807) is 84.1 Å². The van der Waals surface area contributed by atoms with Crippen LogP contribution in [0.15, 0.2) is 83.9 Å². The summed E-state index contributed by atoms with van der Waals surface area (Å²) in [6, 6.07) is 19.8. The third-order valence-corrected chi connectivity index (χ3v) is 9.74. The smallest absolute Gasteiger partial charge is 0.419 e. The lowest BCUT2D eigenvalue weighted by molar-refractivity contribution is 0.0223. The van der Waals surface area contributed by atoms with Gasteiger partial charge in [0, 0.05) is 40.5 Å². The van der Waals surface area contributed by atoms with E-state index in [2.05, 4.69) is 9.71 Å². The van der Waals surface area contributed by atoms with Gasteiger partial charge in [-0.15, -0.1) is 0 Å². The standard InChI is InChI=1S/C37H40N4O7S/c1-22-16-18-23(19-17-22)49(45,46)39-28-21-40(34(43)47-36(2,3)4)33(42)32-31(30(28)26-20-38-27-14-10-8-12-24(26)27)25-13-9-11-15-29(25)41(32)35(44)48-37(5,6)7/h8-20,28,30,38-39H,21H2,1-7H3/t28-,30+/m1/s1. The van der Waals surface area contributed by atoms with E-state index in [0.29, 0.717) is 22.0 Å². The number of nitrogens with zero attached hydrogens (tertiary/aromatic N) is 2. The molecule has 11 nitrogen and oxygen atoms in total. The molecule has 0 saturated carbocycles. The molecule has 1 aliphatic heterocycles. The number of aromatic nitrogens is 2. The van der Waals surface area contributed by atoms with E-state index in [4.69, 9.17) is 9.47 Å². The summed E-state index contributed by atoms with van der Waals surface area (Å²) in [5.74, 6) is -1.70. The topological polar surface area (TPSA) is 140 Å². The highest BCUT2D eigenvalue weighted by atomic mass is 32.2. The van der Waals surface area contributed by atoms with Gasteiger partial charge in [0.1, 0.15) is 16.9 Å². The summed E-state index contributed by atoms with van der Waals surface area (Å²) in [6.45, 7) is 11.6. The molecule has 1 aliphatic rings. The number of benzene rings is 3. The van der Waals surface area contributed by atoms with Crippen molar-refractivity contribution in [2.75, 3.05) is 6.54 Å². The zero-order valence-corrected chi connectivity index (χ0v) is 29.3. The molecule has 0 unspecified atom stereocenters. The van der Waals surface area contributed by atoms with Gasteiger partial charge in [-0.3, -0.25) is 4.79 Å². The second-order valence-corrected chi connectivity index (χ2v) is 16.0. The second kappa shape index (κ2) is 12.2. The first-order valence-corrected chi connectivity index (χ1v) is 17.5. The van der Waals surface area contributed by atoms with E-state index in [9.17, 15) is 22.8 Å². The van der Waals surface area contributed by atoms with Crippen molar-refractivity contribution >= 4 is 49.9 Å². The SMILES string of the molecule is Cc1ccc(S(=O)(=O)N[C@@H]2CN(C(=O)OC(C)(C)C)C(=O)c3c(c4ccccc4n3C(=O)OC(C)(C)C)[C@H]2c2c[nH]c3ccccc23)cc1. The number of ether oxygens (including phenoxy) is 2. The monoisotopic (exact) mass is 684 g/mol. The highest BCUT2D eigenvalue weighted by Crippen LogP contribution is 2.44. The molecule has 2 amide bonds. The van der Waals surface area contributed by atoms with Crippen molar-refractivity contribution in [1.29, 1.82) is 0 Å². The van der Waals surface area contributed by atoms with Crippen molar-refractivity contribution in [3.8, 4) is 0 Å². The summed E-state index contributed by atoms with van der Waals surface area (Å²) >= 11 is 0. The molecule has 6 rings (SSSR count). The van der Waals surface area contributed by atoms with Crippen LogP contribution in [0.2, 0.25) is 0 Å². The molecular weight excluding hydrogens is 644 g/mol. The van der Waals surface area contributed by atoms with Gasteiger partial charge in [-0.1, -0.05) is 54.1 Å². The van der Waals surface area contributed by atoms with E-state index in [-0.39, 0.29) is 10.6 Å². The Hall–Kier alpha value is -4.94. The number of carbonyl (C=O) groups is 3. The maximum absolute atomic E-state index is 14.8. The third-order valence-electron chi connectivity index (χ3n) is 8.24. The number of para-hydroxylation sites is 2. The number of imide groups is 1. The first-order valence-electron chi connectivity index (χ1n) is 16.0. The van der Waals surface area contributed by atoms with E-state index in [0.717, 1.165) is 21.4 Å². The van der Waals surface area contributed by atoms with Gasteiger partial charge in [0.15, 0.2) is 0 Å². The molecule has 3 aromatic carbocycles. The molecule has 0 saturated heterocycles. The number of hydrogen-bond acceptors (Lipinski definition) is 7. The van der Waals surface area contributed by atoms with Crippen molar-refractivity contribution in [3.63, 3.8) is 0 Å². The summed E-state index contributed by atoms with van der Waals surface area (Å²) in [6.07, 6.45) is -0.0261. The molecule has 0 bridgehead atoms. The van der Waals surface area contributed by atoms with E-state index in [1.807, 2.05) is 31.2 Å². The Balaban J connectivity index is 1.68. The van der Waals surface area contributed by atoms with Crippen molar-refractivity contribution in [3.05, 3.63) is 101 Å². The van der Waals surface area contributed by atoms with Crippen molar-refractivity contribution in [2.24, 2.45) is 0 Å². The molecule has 2 N–H and O–H groups in total. The summed E-state index contributed by atoms with van der Waals surface area (Å²) in [5.41, 5.74) is 1.05. The van der Waals surface area contributed by atoms with Gasteiger partial charge in [-0.25, -0.2) is 32.2 Å². The lowest BCUT2D eigenvalue weighted by atomic mass is 9.84. The van der Waals surface area contributed by atoms with Crippen LogP contribution >= 0.6 is 0 Å². The van der Waals surface area contributed by atoms with Crippen molar-refractivity contribution in [2.45, 2.75) is 76.5 Å². The van der Waals surface area contributed by atoms with Crippen molar-refractivity contribution < 1.29 is 32.3 Å². The van der Waals surface area contributed by atoms with Crippen LogP contribution in [0.4, 0.5) is 9.59 Å². The zero-order valence-electron chi connectivity index (χ0n) is 28.5. The molecule has 2 aromatic heterocycles. The number of aromatic amines is 1. The quantitative estimate of drug-likeness (QED) is 0.206. The number of hydrogen-bond donors (Lipinski definition) is 2. The molecule has 0 spiro atoms. The van der Waals surface area contributed by atoms with Crippen molar-refractivity contribution in [1.82, 2.24) is 19.2 Å². The molecule has 256 valence electrons. The van der Waals surface area contributed by atoms with E-state index in [1.165, 1.54) is 16.7 Å². The third kappa shape index (κ3) is 6.58. The number of rotatable bonds is 4. The second-order valence-electron chi connectivity index (χ2n) is 14.3. The van der Waals surface area contributed by atoms with Crippen LogP contribution in [0, 0.1) is 6.92 Å². The number of aryl methyl sites for hydroxylation is 1. The van der Waals surface area contributed by atoms with Gasteiger partial charge >= 0.3 is 12.2 Å². The number of fused-ring (bicyclic) bond motifs is 4. The fourth-order valence-electron chi connectivity index (χ4n) is 6.29. The Labute approximate surface area is 285 Å². The fraction of sp³-hybridized carbons (Fsp3) is 0.324. The number of carbonyl (C=O) groups excluding carboxylic acids is 3. The molecule has 0 fully saturated rings. The largest absolute Gasteiger partial charge is 0.443 e. The maximum Gasteiger partial charge on any atom is 0.419 e. The summed E-state index contributed by atoms with van der Waals surface area (Å²) in [4.78, 5) is 47.0. The number of sulfonamides is 1.